The minimum absolute atomic E-state index is 0.155. The summed E-state index contributed by atoms with van der Waals surface area (Å²) in [6.45, 7) is 8.59. The molecule has 0 spiro atoms. The van der Waals surface area contributed by atoms with Crippen molar-refractivity contribution in [3.8, 4) is 0 Å². The molecular weight excluding hydrogens is 1530 g/mol. The van der Waals surface area contributed by atoms with Crippen LogP contribution in [0.25, 0.3) is 0 Å². The standard InChI is InChI=1S/C117H228O8/c1-5-9-13-17-21-25-29-33-37-41-45-49-53-57-61-65-69-73-77-81-85-89-93-97-101-105-113(118)122-109-117(110-123-114(119)106-102-98-94-90-86-82-78-74-70-66-62-58-54-50-46-42-38-34-30-26-22-18-14-10-6-2,111-124-115(120)107-103-99-95-91-87-83-79-75-71-67-63-59-55-51-47-43-39-35-31-27-23-19-15-11-7-3)112-125-116(121)108-104-100-96-92-88-84-80-76-72-68-64-60-56-52-48-44-40-36-32-28-24-20-16-12-8-4/h5-112H2,1-4H3. The summed E-state index contributed by atoms with van der Waals surface area (Å²) in [7, 11) is 0. The van der Waals surface area contributed by atoms with Crippen molar-refractivity contribution in [3.63, 3.8) is 0 Å². The van der Waals surface area contributed by atoms with Gasteiger partial charge in [-0.25, -0.2) is 0 Å². The van der Waals surface area contributed by atoms with Gasteiger partial charge in [-0.3, -0.25) is 19.2 Å². The van der Waals surface area contributed by atoms with Gasteiger partial charge in [0.05, 0.1) is 0 Å². The lowest BCUT2D eigenvalue weighted by molar-refractivity contribution is -0.170. The average Bonchev–Trinajstić information content (AvgIpc) is 0.851. The first-order chi connectivity index (χ1) is 61.8. The number of hydrogen-bond acceptors (Lipinski definition) is 8. The molecule has 0 bridgehead atoms. The Balaban J connectivity index is 5.34. The second-order valence-electron chi connectivity index (χ2n) is 41.1. The molecule has 0 rings (SSSR count). The van der Waals surface area contributed by atoms with Crippen molar-refractivity contribution in [2.45, 2.75) is 695 Å². The lowest BCUT2D eigenvalue weighted by Crippen LogP contribution is -2.44. The van der Waals surface area contributed by atoms with E-state index in [1.165, 1.54) is 565 Å². The Kier molecular flexibility index (Phi) is 107. The van der Waals surface area contributed by atoms with Gasteiger partial charge in [-0.15, -0.1) is 0 Å². The minimum Gasteiger partial charge on any atom is -0.465 e. The van der Waals surface area contributed by atoms with Crippen LogP contribution in [0.1, 0.15) is 695 Å². The fourth-order valence-electron chi connectivity index (χ4n) is 19.1. The number of rotatable bonds is 112. The van der Waals surface area contributed by atoms with Crippen molar-refractivity contribution in [2.75, 3.05) is 26.4 Å². The maximum atomic E-state index is 13.7. The second kappa shape index (κ2) is 109. The van der Waals surface area contributed by atoms with Gasteiger partial charge in [0.25, 0.3) is 0 Å². The van der Waals surface area contributed by atoms with Gasteiger partial charge in [-0.1, -0.05) is 644 Å². The summed E-state index contributed by atoms with van der Waals surface area (Å²) in [4.78, 5) is 54.7. The van der Waals surface area contributed by atoms with Gasteiger partial charge < -0.3 is 18.9 Å². The zero-order valence-electron chi connectivity index (χ0n) is 86.1. The molecule has 0 aromatic rings. The Morgan fingerprint density at radius 1 is 0.120 bits per heavy atom. The molecule has 0 aromatic carbocycles. The molecule has 0 saturated carbocycles. The average molecular weight is 1760 g/mol. The first-order valence-corrected chi connectivity index (χ1v) is 58.4. The summed E-state index contributed by atoms with van der Waals surface area (Å²) in [6, 6.07) is 0. The predicted octanol–water partition coefficient (Wildman–Crippen LogP) is 40.8. The quantitative estimate of drug-likeness (QED) is 0.0337. The van der Waals surface area contributed by atoms with Crippen LogP contribution in [0, 0.1) is 5.41 Å². The van der Waals surface area contributed by atoms with Gasteiger partial charge in [0, 0.05) is 25.7 Å². The molecule has 0 atom stereocenters. The van der Waals surface area contributed by atoms with Crippen LogP contribution in [-0.4, -0.2) is 50.3 Å². The molecule has 0 saturated heterocycles. The van der Waals surface area contributed by atoms with E-state index in [1.807, 2.05) is 0 Å². The Labute approximate surface area is 784 Å². The fourth-order valence-corrected chi connectivity index (χ4v) is 19.1. The van der Waals surface area contributed by atoms with Crippen molar-refractivity contribution in [1.82, 2.24) is 0 Å². The maximum absolute atomic E-state index is 13.7. The fraction of sp³-hybridized carbons (Fsp3) is 0.966. The van der Waals surface area contributed by atoms with E-state index in [4.69, 9.17) is 18.9 Å². The molecule has 8 heteroatoms. The van der Waals surface area contributed by atoms with Crippen LogP contribution < -0.4 is 0 Å². The number of hydrogen-bond donors (Lipinski definition) is 0. The minimum atomic E-state index is -1.22. The number of carbonyl (C=O) groups is 4. The highest BCUT2D eigenvalue weighted by Crippen LogP contribution is 2.28. The molecule has 0 fully saturated rings. The Morgan fingerprint density at radius 3 is 0.272 bits per heavy atom. The molecule has 0 amide bonds. The first kappa shape index (κ1) is 123. The second-order valence-corrected chi connectivity index (χ2v) is 41.1. The van der Waals surface area contributed by atoms with Gasteiger partial charge in [-0.05, 0) is 25.7 Å². The predicted molar refractivity (Wildman–Crippen MR) is 549 cm³/mol. The lowest BCUT2D eigenvalue weighted by atomic mass is 9.92. The summed E-state index contributed by atoms with van der Waals surface area (Å²) in [5, 5.41) is 0. The summed E-state index contributed by atoms with van der Waals surface area (Å²) in [5.74, 6) is -1.25. The van der Waals surface area contributed by atoms with E-state index in [0.29, 0.717) is 25.7 Å². The molecule has 125 heavy (non-hydrogen) atoms. The van der Waals surface area contributed by atoms with Crippen LogP contribution in [-0.2, 0) is 38.1 Å². The molecule has 0 heterocycles. The van der Waals surface area contributed by atoms with E-state index < -0.39 is 5.41 Å². The van der Waals surface area contributed by atoms with Gasteiger partial charge in [-0.2, -0.15) is 0 Å². The van der Waals surface area contributed by atoms with Crippen molar-refractivity contribution in [3.05, 3.63) is 0 Å². The third kappa shape index (κ3) is 104. The Morgan fingerprint density at radius 2 is 0.192 bits per heavy atom. The maximum Gasteiger partial charge on any atom is 0.305 e. The molecule has 744 valence electrons. The smallest absolute Gasteiger partial charge is 0.305 e. The lowest BCUT2D eigenvalue weighted by Gasteiger charge is -2.31. The van der Waals surface area contributed by atoms with Crippen molar-refractivity contribution in [2.24, 2.45) is 5.41 Å². The molecule has 8 nitrogen and oxygen atoms in total. The molecule has 0 aliphatic carbocycles. The van der Waals surface area contributed by atoms with E-state index in [9.17, 15) is 19.2 Å². The van der Waals surface area contributed by atoms with Crippen LogP contribution >= 0.6 is 0 Å². The zero-order chi connectivity index (χ0) is 90.0. The molecule has 0 N–H and O–H groups in total. The van der Waals surface area contributed by atoms with Crippen LogP contribution in [0.4, 0.5) is 0 Å². The highest BCUT2D eigenvalue weighted by molar-refractivity contribution is 5.71. The van der Waals surface area contributed by atoms with Gasteiger partial charge in [0.2, 0.25) is 0 Å². The largest absolute Gasteiger partial charge is 0.465 e. The Bertz CT molecular complexity index is 1770. The molecule has 0 aliphatic heterocycles. The SMILES string of the molecule is CCCCCCCCCCCCCCCCCCCCCCCCCCCC(=O)OCC(COC(=O)CCCCCCCCCCCCCCCCCCCCCCCCCCC)(COC(=O)CCCCCCCCCCCCCCCCCCCCCCCCCCC)COC(=O)CCCCCCCCCCCCCCCCCCCCCCCCCCC. The van der Waals surface area contributed by atoms with Crippen LogP contribution in [0.5, 0.6) is 0 Å². The van der Waals surface area contributed by atoms with Crippen molar-refractivity contribution >= 4 is 23.9 Å². The third-order valence-corrected chi connectivity index (χ3v) is 28.1. The van der Waals surface area contributed by atoms with Crippen LogP contribution in [0.2, 0.25) is 0 Å². The molecule has 0 aromatic heterocycles. The monoisotopic (exact) mass is 1760 g/mol. The first-order valence-electron chi connectivity index (χ1n) is 58.4. The molecule has 0 unspecified atom stereocenters. The topological polar surface area (TPSA) is 105 Å². The van der Waals surface area contributed by atoms with E-state index in [1.54, 1.807) is 0 Å². The Hall–Kier alpha value is -2.12. The summed E-state index contributed by atoms with van der Waals surface area (Å²) >= 11 is 0. The van der Waals surface area contributed by atoms with E-state index >= 15 is 0 Å². The van der Waals surface area contributed by atoms with Gasteiger partial charge >= 0.3 is 23.9 Å². The highest BCUT2D eigenvalue weighted by Gasteiger charge is 2.38. The van der Waals surface area contributed by atoms with E-state index in [2.05, 4.69) is 27.7 Å². The van der Waals surface area contributed by atoms with Crippen LogP contribution in [0.3, 0.4) is 0 Å². The van der Waals surface area contributed by atoms with Gasteiger partial charge in [0.1, 0.15) is 31.8 Å². The number of carbonyl (C=O) groups excluding carboxylic acids is 4. The molecular formula is C117H228O8. The van der Waals surface area contributed by atoms with Crippen molar-refractivity contribution in [1.29, 1.82) is 0 Å². The molecule has 0 aliphatic rings. The number of unbranched alkanes of at least 4 members (excludes halogenated alkanes) is 96. The number of esters is 4. The number of ether oxygens (including phenoxy) is 4. The van der Waals surface area contributed by atoms with E-state index in [-0.39, 0.29) is 50.3 Å². The van der Waals surface area contributed by atoms with Gasteiger partial charge in [0.15, 0.2) is 0 Å². The molecule has 0 radical (unpaired) electrons. The summed E-state index contributed by atoms with van der Waals surface area (Å²) < 4.78 is 24.4. The normalized spacial score (nSPS) is 11.7. The third-order valence-electron chi connectivity index (χ3n) is 28.1. The van der Waals surface area contributed by atoms with Crippen LogP contribution in [0.15, 0.2) is 0 Å². The zero-order valence-corrected chi connectivity index (χ0v) is 86.1. The highest BCUT2D eigenvalue weighted by atomic mass is 16.6. The van der Waals surface area contributed by atoms with Crippen molar-refractivity contribution < 1.29 is 38.1 Å². The summed E-state index contributed by atoms with van der Waals surface area (Å²) in [6.07, 6.45) is 135. The summed E-state index contributed by atoms with van der Waals surface area (Å²) in [5.41, 5.74) is -1.22. The van der Waals surface area contributed by atoms with E-state index in [0.717, 1.165) is 77.0 Å².